The van der Waals surface area contributed by atoms with Crippen LogP contribution in [-0.2, 0) is 11.3 Å². The summed E-state index contributed by atoms with van der Waals surface area (Å²) in [5.41, 5.74) is 2.81. The van der Waals surface area contributed by atoms with Crippen LogP contribution in [0.3, 0.4) is 0 Å². The Kier molecular flexibility index (Phi) is 5.53. The van der Waals surface area contributed by atoms with Crippen LogP contribution in [-0.4, -0.2) is 29.6 Å². The zero-order valence-corrected chi connectivity index (χ0v) is 15.5. The van der Waals surface area contributed by atoms with Gasteiger partial charge >= 0.3 is 0 Å². The van der Waals surface area contributed by atoms with Gasteiger partial charge in [0.25, 0.3) is 0 Å². The number of thiophene rings is 1. The van der Waals surface area contributed by atoms with Crippen LogP contribution < -0.4 is 5.32 Å². The molecule has 2 aromatic heterocycles. The summed E-state index contributed by atoms with van der Waals surface area (Å²) in [6.45, 7) is 2.94. The van der Waals surface area contributed by atoms with E-state index in [9.17, 15) is 4.79 Å². The Labute approximate surface area is 155 Å². The fourth-order valence-corrected chi connectivity index (χ4v) is 3.54. The normalized spacial score (nSPS) is 11.0. The molecule has 0 aliphatic carbocycles. The van der Waals surface area contributed by atoms with Crippen molar-refractivity contribution in [2.45, 2.75) is 13.5 Å². The molecular weight excluding hydrogens is 358 g/mol. The second kappa shape index (κ2) is 7.82. The molecule has 0 spiro atoms. The molecule has 0 fully saturated rings. The van der Waals surface area contributed by atoms with Crippen LogP contribution in [0.4, 0.5) is 5.88 Å². The average Bonchev–Trinajstić information content (AvgIpc) is 3.17. The fraction of sp³-hybridized carbons (Fsp3) is 0.222. The number of aryl methyl sites for hydroxylation is 1. The van der Waals surface area contributed by atoms with Crippen molar-refractivity contribution in [3.05, 3.63) is 57.2 Å². The zero-order chi connectivity index (χ0) is 17.8. The third-order valence-corrected chi connectivity index (χ3v) is 4.80. The van der Waals surface area contributed by atoms with E-state index in [1.54, 1.807) is 6.07 Å². The molecule has 0 saturated heterocycles. The van der Waals surface area contributed by atoms with Crippen molar-refractivity contribution < 1.29 is 9.32 Å². The Bertz CT molecular complexity index is 857. The highest BCUT2D eigenvalue weighted by atomic mass is 35.5. The molecule has 0 bridgehead atoms. The van der Waals surface area contributed by atoms with Gasteiger partial charge in [-0.15, -0.1) is 11.3 Å². The van der Waals surface area contributed by atoms with Crippen LogP contribution in [0.5, 0.6) is 0 Å². The minimum Gasteiger partial charge on any atom is -0.338 e. The van der Waals surface area contributed by atoms with Gasteiger partial charge in [-0.05, 0) is 26.1 Å². The van der Waals surface area contributed by atoms with Crippen molar-refractivity contribution >= 4 is 34.7 Å². The molecule has 1 N–H and O–H groups in total. The maximum Gasteiger partial charge on any atom is 0.240 e. The Morgan fingerprint density at radius 1 is 1.28 bits per heavy atom. The van der Waals surface area contributed by atoms with Crippen LogP contribution in [0.25, 0.3) is 11.3 Å². The molecule has 3 aromatic rings. The molecule has 0 unspecified atom stereocenters. The minimum atomic E-state index is -0.156. The van der Waals surface area contributed by atoms with Crippen molar-refractivity contribution in [1.29, 1.82) is 0 Å². The molecule has 0 aliphatic rings. The lowest BCUT2D eigenvalue weighted by Crippen LogP contribution is -2.29. The third kappa shape index (κ3) is 4.92. The van der Waals surface area contributed by atoms with E-state index in [2.05, 4.69) is 10.5 Å². The van der Waals surface area contributed by atoms with E-state index in [-0.39, 0.29) is 12.5 Å². The van der Waals surface area contributed by atoms with Gasteiger partial charge in [-0.25, -0.2) is 0 Å². The van der Waals surface area contributed by atoms with Crippen molar-refractivity contribution in [2.75, 3.05) is 18.9 Å². The van der Waals surface area contributed by atoms with E-state index in [4.69, 9.17) is 16.1 Å². The zero-order valence-electron chi connectivity index (χ0n) is 14.0. The van der Waals surface area contributed by atoms with Gasteiger partial charge < -0.3 is 4.52 Å². The van der Waals surface area contributed by atoms with Gasteiger partial charge in [0.1, 0.15) is 5.69 Å². The van der Waals surface area contributed by atoms with E-state index >= 15 is 0 Å². The summed E-state index contributed by atoms with van der Waals surface area (Å²) in [5, 5.41) is 6.74. The number of benzene rings is 1. The van der Waals surface area contributed by atoms with E-state index in [1.165, 1.54) is 16.9 Å². The number of hydrogen-bond donors (Lipinski definition) is 1. The molecular formula is C18H18ClN3O2S. The van der Waals surface area contributed by atoms with E-state index in [0.717, 1.165) is 14.8 Å². The predicted octanol–water partition coefficient (Wildman–Crippen LogP) is 4.44. The van der Waals surface area contributed by atoms with E-state index in [1.807, 2.05) is 55.3 Å². The van der Waals surface area contributed by atoms with Crippen molar-refractivity contribution in [3.8, 4) is 11.3 Å². The Balaban J connectivity index is 1.55. The number of rotatable bonds is 6. The third-order valence-electron chi connectivity index (χ3n) is 3.59. The van der Waals surface area contributed by atoms with Gasteiger partial charge in [0, 0.05) is 23.1 Å². The summed E-state index contributed by atoms with van der Waals surface area (Å²) in [5.74, 6) is 0.185. The maximum atomic E-state index is 12.1. The lowest BCUT2D eigenvalue weighted by molar-refractivity contribution is -0.117. The second-order valence-corrected chi connectivity index (χ2v) is 7.67. The molecule has 2 heterocycles. The number of hydrogen-bond acceptors (Lipinski definition) is 5. The average molecular weight is 376 g/mol. The summed E-state index contributed by atoms with van der Waals surface area (Å²) >= 11 is 7.43. The summed E-state index contributed by atoms with van der Waals surface area (Å²) < 4.78 is 5.96. The van der Waals surface area contributed by atoms with Crippen LogP contribution in [0.1, 0.15) is 10.4 Å². The quantitative estimate of drug-likeness (QED) is 0.692. The summed E-state index contributed by atoms with van der Waals surface area (Å²) in [6, 6.07) is 13.5. The largest absolute Gasteiger partial charge is 0.338 e. The number of carbonyl (C=O) groups is 1. The van der Waals surface area contributed by atoms with Crippen molar-refractivity contribution in [2.24, 2.45) is 0 Å². The number of nitrogens with zero attached hydrogens (tertiary/aromatic N) is 2. The number of anilines is 1. The van der Waals surface area contributed by atoms with Crippen LogP contribution in [0, 0.1) is 6.92 Å². The fourth-order valence-electron chi connectivity index (χ4n) is 2.38. The van der Waals surface area contributed by atoms with Crippen LogP contribution >= 0.6 is 22.9 Å². The van der Waals surface area contributed by atoms with Crippen molar-refractivity contribution in [1.82, 2.24) is 10.1 Å². The maximum absolute atomic E-state index is 12.1. The standard InChI is InChI=1S/C18H18ClN3O2S/c1-12-3-5-13(6-4-12)15-9-18(24-21-15)20-17(23)11-22(2)10-14-7-8-16(19)25-14/h3-9H,10-11H2,1-2H3,(H,20,23). The van der Waals surface area contributed by atoms with Crippen LogP contribution in [0.15, 0.2) is 47.0 Å². The molecule has 0 saturated carbocycles. The molecule has 5 nitrogen and oxygen atoms in total. The lowest BCUT2D eigenvalue weighted by atomic mass is 10.1. The number of carbonyl (C=O) groups excluding carboxylic acids is 1. The smallest absolute Gasteiger partial charge is 0.240 e. The van der Waals surface area contributed by atoms with Gasteiger partial charge in [0.15, 0.2) is 0 Å². The highest BCUT2D eigenvalue weighted by Crippen LogP contribution is 2.23. The molecule has 130 valence electrons. The Morgan fingerprint density at radius 3 is 2.72 bits per heavy atom. The first kappa shape index (κ1) is 17.7. The minimum absolute atomic E-state index is 0.156. The molecule has 1 aromatic carbocycles. The molecule has 0 atom stereocenters. The number of amides is 1. The van der Waals surface area contributed by atoms with Gasteiger partial charge in [-0.1, -0.05) is 46.6 Å². The SMILES string of the molecule is Cc1ccc(-c2cc(NC(=O)CN(C)Cc3ccc(Cl)s3)on2)cc1. The summed E-state index contributed by atoms with van der Waals surface area (Å²) in [4.78, 5) is 15.2. The Morgan fingerprint density at radius 2 is 2.04 bits per heavy atom. The first-order valence-electron chi connectivity index (χ1n) is 7.76. The van der Waals surface area contributed by atoms with Crippen molar-refractivity contribution in [3.63, 3.8) is 0 Å². The first-order chi connectivity index (χ1) is 12.0. The van der Waals surface area contributed by atoms with Gasteiger partial charge in [0.05, 0.1) is 10.9 Å². The second-order valence-electron chi connectivity index (χ2n) is 5.87. The molecule has 0 radical (unpaired) electrons. The summed E-state index contributed by atoms with van der Waals surface area (Å²) in [6.07, 6.45) is 0. The molecule has 1 amide bonds. The number of likely N-dealkylation sites (N-methyl/N-ethyl adjacent to an activating group) is 1. The number of halogens is 1. The Hall–Kier alpha value is -2.15. The molecule has 0 aliphatic heterocycles. The van der Waals surface area contributed by atoms with Gasteiger partial charge in [0.2, 0.25) is 11.8 Å². The van der Waals surface area contributed by atoms with E-state index < -0.39 is 0 Å². The van der Waals surface area contributed by atoms with E-state index in [0.29, 0.717) is 18.1 Å². The molecule has 3 rings (SSSR count). The van der Waals surface area contributed by atoms with Gasteiger partial charge in [-0.3, -0.25) is 15.0 Å². The molecule has 7 heteroatoms. The number of nitrogens with one attached hydrogen (secondary N) is 1. The predicted molar refractivity (Wildman–Crippen MR) is 101 cm³/mol. The highest BCUT2D eigenvalue weighted by Gasteiger charge is 2.12. The monoisotopic (exact) mass is 375 g/mol. The van der Waals surface area contributed by atoms with Crippen LogP contribution in [0.2, 0.25) is 4.34 Å². The summed E-state index contributed by atoms with van der Waals surface area (Å²) in [7, 11) is 1.88. The highest BCUT2D eigenvalue weighted by molar-refractivity contribution is 7.16. The first-order valence-corrected chi connectivity index (χ1v) is 8.95. The van der Waals surface area contributed by atoms with Gasteiger partial charge in [-0.2, -0.15) is 0 Å². The lowest BCUT2D eigenvalue weighted by Gasteiger charge is -2.14. The molecule has 25 heavy (non-hydrogen) atoms. The topological polar surface area (TPSA) is 58.4 Å². The number of aromatic nitrogens is 1.